The lowest BCUT2D eigenvalue weighted by Crippen LogP contribution is -2.40. The van der Waals surface area contributed by atoms with E-state index in [1.807, 2.05) is 54.8 Å². The van der Waals surface area contributed by atoms with E-state index in [4.69, 9.17) is 14.2 Å². The summed E-state index contributed by atoms with van der Waals surface area (Å²) in [5.74, 6) is 1.74. The number of carbonyl (C=O) groups is 1. The maximum absolute atomic E-state index is 13.4. The zero-order valence-corrected chi connectivity index (χ0v) is 25.4. The van der Waals surface area contributed by atoms with Gasteiger partial charge in [-0.2, -0.15) is 4.31 Å². The van der Waals surface area contributed by atoms with Gasteiger partial charge in [0.2, 0.25) is 22.7 Å². The first-order valence-electron chi connectivity index (χ1n) is 13.8. The van der Waals surface area contributed by atoms with Gasteiger partial charge in [-0.15, -0.1) is 10.2 Å². The third-order valence-corrected chi connectivity index (χ3v) is 10.1. The molecule has 0 atom stereocenters. The van der Waals surface area contributed by atoms with Crippen LogP contribution in [0.1, 0.15) is 16.7 Å². The van der Waals surface area contributed by atoms with Crippen LogP contribution in [0.3, 0.4) is 0 Å². The molecular weight excluding hydrogens is 590 g/mol. The number of benzene rings is 3. The summed E-state index contributed by atoms with van der Waals surface area (Å²) in [7, 11) is -3.72. The normalized spacial score (nSPS) is 15.0. The molecule has 1 N–H and O–H groups in total. The van der Waals surface area contributed by atoms with E-state index in [9.17, 15) is 13.2 Å². The van der Waals surface area contributed by atoms with Crippen molar-refractivity contribution < 1.29 is 27.4 Å². The molecule has 0 bridgehead atoms. The van der Waals surface area contributed by atoms with Crippen molar-refractivity contribution in [2.75, 3.05) is 44.2 Å². The number of nitrogens with zero attached hydrogens (tertiary/aromatic N) is 4. The summed E-state index contributed by atoms with van der Waals surface area (Å²) in [6, 6.07) is 18.3. The van der Waals surface area contributed by atoms with Gasteiger partial charge in [0.25, 0.3) is 0 Å². The van der Waals surface area contributed by atoms with E-state index < -0.39 is 10.0 Å². The first-order chi connectivity index (χ1) is 20.8. The van der Waals surface area contributed by atoms with Crippen molar-refractivity contribution in [3.05, 3.63) is 77.4 Å². The van der Waals surface area contributed by atoms with Crippen molar-refractivity contribution in [2.45, 2.75) is 30.4 Å². The minimum atomic E-state index is -3.72. The quantitative estimate of drug-likeness (QED) is 0.275. The molecule has 4 aromatic rings. The summed E-state index contributed by atoms with van der Waals surface area (Å²) in [6.07, 6.45) is 0. The number of hydrogen-bond donors (Lipinski definition) is 1. The maximum Gasteiger partial charge on any atom is 0.243 e. The predicted octanol–water partition coefficient (Wildman–Crippen LogP) is 4.09. The van der Waals surface area contributed by atoms with Gasteiger partial charge >= 0.3 is 0 Å². The molecule has 0 unspecified atom stereocenters. The zero-order valence-electron chi connectivity index (χ0n) is 23.8. The van der Waals surface area contributed by atoms with Crippen molar-refractivity contribution in [1.29, 1.82) is 0 Å². The van der Waals surface area contributed by atoms with E-state index in [2.05, 4.69) is 15.5 Å². The van der Waals surface area contributed by atoms with Crippen LogP contribution in [0.2, 0.25) is 0 Å². The predicted molar refractivity (Wildman–Crippen MR) is 162 cm³/mol. The third-order valence-electron chi connectivity index (χ3n) is 7.27. The summed E-state index contributed by atoms with van der Waals surface area (Å²) >= 11 is 1.26. The van der Waals surface area contributed by atoms with Crippen molar-refractivity contribution in [3.8, 4) is 22.9 Å². The molecule has 0 aliphatic carbocycles. The number of aryl methyl sites for hydroxylation is 2. The second kappa shape index (κ2) is 12.4. The van der Waals surface area contributed by atoms with Gasteiger partial charge in [-0.05, 0) is 54.8 Å². The molecule has 2 aliphatic heterocycles. The number of para-hydroxylation sites is 1. The molecule has 224 valence electrons. The minimum Gasteiger partial charge on any atom is -0.454 e. The highest BCUT2D eigenvalue weighted by Gasteiger charge is 2.27. The molecule has 1 aromatic heterocycles. The van der Waals surface area contributed by atoms with E-state index in [1.165, 1.54) is 16.1 Å². The average Bonchev–Trinajstić information content (AvgIpc) is 3.65. The smallest absolute Gasteiger partial charge is 0.243 e. The summed E-state index contributed by atoms with van der Waals surface area (Å²) < 4.78 is 46.5. The van der Waals surface area contributed by atoms with Crippen molar-refractivity contribution in [3.63, 3.8) is 0 Å². The summed E-state index contributed by atoms with van der Waals surface area (Å²) in [5.41, 5.74) is 4.27. The molecular formula is C30H31N5O6S2. The molecule has 0 spiro atoms. The Hall–Kier alpha value is -3.91. The minimum absolute atomic E-state index is 0.110. The number of hydrogen-bond acceptors (Lipinski definition) is 9. The van der Waals surface area contributed by atoms with Gasteiger partial charge in [-0.25, -0.2) is 8.42 Å². The van der Waals surface area contributed by atoms with Crippen LogP contribution in [0, 0.1) is 13.8 Å². The lowest BCUT2D eigenvalue weighted by atomic mass is 10.1. The number of ether oxygens (including phenoxy) is 3. The Kier molecular flexibility index (Phi) is 8.39. The number of sulfonamides is 1. The van der Waals surface area contributed by atoms with Crippen LogP contribution in [-0.4, -0.2) is 72.2 Å². The van der Waals surface area contributed by atoms with Crippen molar-refractivity contribution in [1.82, 2.24) is 19.1 Å². The van der Waals surface area contributed by atoms with Gasteiger partial charge in [0.05, 0.1) is 30.4 Å². The van der Waals surface area contributed by atoms with Crippen LogP contribution in [0.25, 0.3) is 11.4 Å². The number of amides is 1. The van der Waals surface area contributed by atoms with Crippen molar-refractivity contribution in [2.24, 2.45) is 0 Å². The highest BCUT2D eigenvalue weighted by Crippen LogP contribution is 2.34. The van der Waals surface area contributed by atoms with Crippen molar-refractivity contribution >= 4 is 33.4 Å². The SMILES string of the molecule is Cc1cccc(C)c1NC(=O)CSc1nnc(-c2cccc(S(=O)(=O)N3CCOCC3)c2)n1Cc1ccc2c(c1)OCO2. The van der Waals surface area contributed by atoms with Crippen LogP contribution in [0.4, 0.5) is 5.69 Å². The zero-order chi connectivity index (χ0) is 30.0. The van der Waals surface area contributed by atoms with E-state index >= 15 is 0 Å². The van der Waals surface area contributed by atoms with E-state index in [0.29, 0.717) is 60.9 Å². The lowest BCUT2D eigenvalue weighted by Gasteiger charge is -2.26. The fraction of sp³-hybridized carbons (Fsp3) is 0.300. The molecule has 11 nitrogen and oxygen atoms in total. The van der Waals surface area contributed by atoms with Gasteiger partial charge in [0.1, 0.15) is 0 Å². The number of aromatic nitrogens is 3. The van der Waals surface area contributed by atoms with Crippen LogP contribution in [-0.2, 0) is 26.1 Å². The highest BCUT2D eigenvalue weighted by atomic mass is 32.2. The fourth-order valence-corrected chi connectivity index (χ4v) is 7.21. The lowest BCUT2D eigenvalue weighted by molar-refractivity contribution is -0.113. The second-order valence-corrected chi connectivity index (χ2v) is 13.1. The largest absolute Gasteiger partial charge is 0.454 e. The Balaban J connectivity index is 1.30. The fourth-order valence-electron chi connectivity index (χ4n) is 5.02. The first kappa shape index (κ1) is 29.2. The highest BCUT2D eigenvalue weighted by molar-refractivity contribution is 7.99. The van der Waals surface area contributed by atoms with Crippen LogP contribution >= 0.6 is 11.8 Å². The number of nitrogens with one attached hydrogen (secondary N) is 1. The molecule has 1 fully saturated rings. The van der Waals surface area contributed by atoms with Crippen LogP contribution in [0.5, 0.6) is 11.5 Å². The summed E-state index contributed by atoms with van der Waals surface area (Å²) in [5, 5.41) is 12.4. The molecule has 3 heterocycles. The molecule has 13 heteroatoms. The van der Waals surface area contributed by atoms with E-state index in [0.717, 1.165) is 22.4 Å². The molecule has 43 heavy (non-hydrogen) atoms. The third kappa shape index (κ3) is 6.25. The Morgan fingerprint density at radius 1 is 0.953 bits per heavy atom. The number of carbonyl (C=O) groups excluding carboxylic acids is 1. The monoisotopic (exact) mass is 621 g/mol. The maximum atomic E-state index is 13.4. The molecule has 6 rings (SSSR count). The van der Waals surface area contributed by atoms with Gasteiger partial charge in [-0.1, -0.05) is 48.2 Å². The number of fused-ring (bicyclic) bond motifs is 1. The standard InChI is InChI=1S/C30H31N5O6S2/c1-20-5-3-6-21(2)28(20)31-27(36)18-42-30-33-32-29(35(30)17-22-9-10-25-26(15-22)41-19-40-25)23-7-4-8-24(16-23)43(37,38)34-11-13-39-14-12-34/h3-10,15-16H,11-14,17-19H2,1-2H3,(H,31,36). The molecule has 1 amide bonds. The van der Waals surface area contributed by atoms with E-state index in [1.54, 1.807) is 24.3 Å². The Morgan fingerprint density at radius 2 is 1.70 bits per heavy atom. The van der Waals surface area contributed by atoms with Gasteiger partial charge in [0.15, 0.2) is 22.5 Å². The van der Waals surface area contributed by atoms with Crippen LogP contribution in [0.15, 0.2) is 70.7 Å². The number of morpholine rings is 1. The molecule has 2 aliphatic rings. The Bertz CT molecular complexity index is 1750. The number of rotatable bonds is 9. The van der Waals surface area contributed by atoms with Gasteiger partial charge in [0, 0.05) is 24.3 Å². The summed E-state index contributed by atoms with van der Waals surface area (Å²) in [4.78, 5) is 13.1. The van der Waals surface area contributed by atoms with E-state index in [-0.39, 0.29) is 23.3 Å². The summed E-state index contributed by atoms with van der Waals surface area (Å²) in [6.45, 7) is 5.77. The number of anilines is 1. The molecule has 0 radical (unpaired) electrons. The molecule has 1 saturated heterocycles. The Labute approximate surface area is 254 Å². The Morgan fingerprint density at radius 3 is 2.49 bits per heavy atom. The first-order valence-corrected chi connectivity index (χ1v) is 16.2. The molecule has 3 aromatic carbocycles. The number of thioether (sulfide) groups is 1. The second-order valence-electron chi connectivity index (χ2n) is 10.2. The average molecular weight is 622 g/mol. The van der Waals surface area contributed by atoms with Gasteiger partial charge < -0.3 is 19.5 Å². The van der Waals surface area contributed by atoms with Gasteiger partial charge in [-0.3, -0.25) is 9.36 Å². The van der Waals surface area contributed by atoms with Crippen LogP contribution < -0.4 is 14.8 Å². The topological polar surface area (TPSA) is 125 Å². The molecule has 0 saturated carbocycles.